The van der Waals surface area contributed by atoms with Crippen LogP contribution in [-0.4, -0.2) is 15.9 Å². The zero-order valence-electron chi connectivity index (χ0n) is 7.40. The molecule has 0 aliphatic rings. The van der Waals surface area contributed by atoms with Gasteiger partial charge in [-0.2, -0.15) is 0 Å². The fraction of sp³-hybridized carbons (Fsp3) is 0.375. The van der Waals surface area contributed by atoms with Crippen LogP contribution in [0.5, 0.6) is 0 Å². The van der Waals surface area contributed by atoms with E-state index < -0.39 is 11.9 Å². The molecule has 1 heterocycles. The molecule has 1 rings (SSSR count). The third-order valence-corrected chi connectivity index (χ3v) is 1.60. The summed E-state index contributed by atoms with van der Waals surface area (Å²) in [6, 6.07) is 1.25. The lowest BCUT2D eigenvalue weighted by molar-refractivity contribution is -0.118. The number of amides is 1. The largest absolute Gasteiger partial charge is 0.370 e. The van der Waals surface area contributed by atoms with E-state index in [9.17, 15) is 4.79 Å². The second-order valence-corrected chi connectivity index (χ2v) is 2.81. The van der Waals surface area contributed by atoms with Crippen LogP contribution in [0.1, 0.15) is 24.0 Å². The average Bonchev–Trinajstić information content (AvgIpc) is 2.03. The molecule has 13 heavy (non-hydrogen) atoms. The molecule has 0 saturated heterocycles. The lowest BCUT2D eigenvalue weighted by Crippen LogP contribution is -2.21. The van der Waals surface area contributed by atoms with E-state index in [4.69, 9.17) is 11.5 Å². The summed E-state index contributed by atoms with van der Waals surface area (Å²) in [4.78, 5) is 18.6. The molecule has 5 heteroatoms. The molecule has 0 spiro atoms. The van der Waals surface area contributed by atoms with Crippen LogP contribution in [0.4, 0.5) is 0 Å². The van der Waals surface area contributed by atoms with Crippen molar-refractivity contribution in [2.45, 2.75) is 19.4 Å². The summed E-state index contributed by atoms with van der Waals surface area (Å²) in [5.41, 5.74) is 11.3. The molecular formula is C8H12N4O. The summed E-state index contributed by atoms with van der Waals surface area (Å²) >= 11 is 0. The normalized spacial score (nSPS) is 12.5. The van der Waals surface area contributed by atoms with Gasteiger partial charge in [0.05, 0.1) is 11.7 Å². The van der Waals surface area contributed by atoms with Crippen LogP contribution in [0.25, 0.3) is 0 Å². The molecule has 1 atom stereocenters. The smallest absolute Gasteiger partial charge is 0.219 e. The number of hydrogen-bond acceptors (Lipinski definition) is 4. The first kappa shape index (κ1) is 9.60. The molecule has 0 unspecified atom stereocenters. The van der Waals surface area contributed by atoms with Crippen molar-refractivity contribution in [3.63, 3.8) is 0 Å². The van der Waals surface area contributed by atoms with Crippen molar-refractivity contribution in [2.75, 3.05) is 0 Å². The SMILES string of the molecule is Cc1nccc([C@H](N)CC(N)=O)n1. The van der Waals surface area contributed by atoms with Crippen molar-refractivity contribution < 1.29 is 4.79 Å². The number of hydrogen-bond donors (Lipinski definition) is 2. The minimum absolute atomic E-state index is 0.108. The zero-order chi connectivity index (χ0) is 9.84. The molecule has 0 aliphatic heterocycles. The number of carbonyl (C=O) groups excluding carboxylic acids is 1. The summed E-state index contributed by atoms with van der Waals surface area (Å²) in [6.45, 7) is 1.76. The van der Waals surface area contributed by atoms with E-state index in [1.165, 1.54) is 0 Å². The van der Waals surface area contributed by atoms with Gasteiger partial charge >= 0.3 is 0 Å². The maximum atomic E-state index is 10.6. The van der Waals surface area contributed by atoms with Gasteiger partial charge in [0.1, 0.15) is 5.82 Å². The number of rotatable bonds is 3. The standard InChI is InChI=1S/C8H12N4O/c1-5-11-3-2-7(12-5)6(9)4-8(10)13/h2-3,6H,4,9H2,1H3,(H2,10,13)/t6-/m1/s1. The monoisotopic (exact) mass is 180 g/mol. The average molecular weight is 180 g/mol. The number of primary amides is 1. The van der Waals surface area contributed by atoms with Gasteiger partial charge in [0, 0.05) is 12.6 Å². The Kier molecular flexibility index (Phi) is 2.92. The van der Waals surface area contributed by atoms with Crippen molar-refractivity contribution in [2.24, 2.45) is 11.5 Å². The van der Waals surface area contributed by atoms with Crippen LogP contribution in [0, 0.1) is 6.92 Å². The van der Waals surface area contributed by atoms with Crippen molar-refractivity contribution in [1.29, 1.82) is 0 Å². The molecule has 1 amide bonds. The van der Waals surface area contributed by atoms with E-state index in [-0.39, 0.29) is 6.42 Å². The quantitative estimate of drug-likeness (QED) is 0.665. The molecule has 1 aromatic rings. The van der Waals surface area contributed by atoms with E-state index in [1.807, 2.05) is 0 Å². The fourth-order valence-electron chi connectivity index (χ4n) is 1.00. The summed E-state index contributed by atoms with van der Waals surface area (Å²) in [5, 5.41) is 0. The van der Waals surface area contributed by atoms with Crippen LogP contribution < -0.4 is 11.5 Å². The predicted octanol–water partition coefficient (Wildman–Crippen LogP) is -0.340. The molecular weight excluding hydrogens is 168 g/mol. The van der Waals surface area contributed by atoms with Crippen molar-refractivity contribution in [3.8, 4) is 0 Å². The lowest BCUT2D eigenvalue weighted by Gasteiger charge is -2.08. The topological polar surface area (TPSA) is 94.9 Å². The van der Waals surface area contributed by atoms with Crippen molar-refractivity contribution >= 4 is 5.91 Å². The van der Waals surface area contributed by atoms with Gasteiger partial charge in [0.15, 0.2) is 0 Å². The summed E-state index contributed by atoms with van der Waals surface area (Å²) in [6.07, 6.45) is 1.72. The van der Waals surface area contributed by atoms with Gasteiger partial charge in [-0.05, 0) is 13.0 Å². The van der Waals surface area contributed by atoms with Gasteiger partial charge in [-0.25, -0.2) is 9.97 Å². The first-order valence-corrected chi connectivity index (χ1v) is 3.93. The Labute approximate surface area is 76.2 Å². The molecule has 1 aromatic heterocycles. The molecule has 0 fully saturated rings. The van der Waals surface area contributed by atoms with Crippen LogP contribution in [0.15, 0.2) is 12.3 Å². The van der Waals surface area contributed by atoms with Gasteiger partial charge < -0.3 is 11.5 Å². The van der Waals surface area contributed by atoms with E-state index in [1.54, 1.807) is 19.2 Å². The molecule has 0 bridgehead atoms. The summed E-state index contributed by atoms with van der Waals surface area (Å²) < 4.78 is 0. The maximum absolute atomic E-state index is 10.6. The first-order valence-electron chi connectivity index (χ1n) is 3.93. The Morgan fingerprint density at radius 3 is 2.92 bits per heavy atom. The highest BCUT2D eigenvalue weighted by molar-refractivity contribution is 5.74. The third kappa shape index (κ3) is 2.79. The van der Waals surface area contributed by atoms with Gasteiger partial charge in [0.25, 0.3) is 0 Å². The number of nitrogens with zero attached hydrogens (tertiary/aromatic N) is 2. The minimum atomic E-state index is -0.431. The Morgan fingerprint density at radius 1 is 1.69 bits per heavy atom. The fourth-order valence-corrected chi connectivity index (χ4v) is 1.00. The van der Waals surface area contributed by atoms with E-state index >= 15 is 0 Å². The van der Waals surface area contributed by atoms with Crippen LogP contribution in [0.3, 0.4) is 0 Å². The number of aromatic nitrogens is 2. The van der Waals surface area contributed by atoms with Gasteiger partial charge in [0.2, 0.25) is 5.91 Å². The van der Waals surface area contributed by atoms with Crippen molar-refractivity contribution in [1.82, 2.24) is 9.97 Å². The van der Waals surface area contributed by atoms with Crippen LogP contribution in [0.2, 0.25) is 0 Å². The van der Waals surface area contributed by atoms with Gasteiger partial charge in [-0.1, -0.05) is 0 Å². The van der Waals surface area contributed by atoms with Crippen LogP contribution in [-0.2, 0) is 4.79 Å². The second kappa shape index (κ2) is 3.95. The molecule has 0 aliphatic carbocycles. The predicted molar refractivity (Wildman–Crippen MR) is 47.5 cm³/mol. The Balaban J connectivity index is 2.76. The van der Waals surface area contributed by atoms with E-state index in [0.29, 0.717) is 11.5 Å². The van der Waals surface area contributed by atoms with E-state index in [2.05, 4.69) is 9.97 Å². The Morgan fingerprint density at radius 2 is 2.38 bits per heavy atom. The number of nitrogens with two attached hydrogens (primary N) is 2. The third-order valence-electron chi connectivity index (χ3n) is 1.60. The number of carbonyl (C=O) groups is 1. The minimum Gasteiger partial charge on any atom is -0.370 e. The highest BCUT2D eigenvalue weighted by Crippen LogP contribution is 2.09. The number of aryl methyl sites for hydroxylation is 1. The second-order valence-electron chi connectivity index (χ2n) is 2.81. The summed E-state index contributed by atoms with van der Waals surface area (Å²) in [5.74, 6) is 0.209. The molecule has 5 nitrogen and oxygen atoms in total. The molecule has 0 saturated carbocycles. The van der Waals surface area contributed by atoms with Gasteiger partial charge in [-0.3, -0.25) is 4.79 Å². The highest BCUT2D eigenvalue weighted by atomic mass is 16.1. The van der Waals surface area contributed by atoms with Crippen molar-refractivity contribution in [3.05, 3.63) is 23.8 Å². The zero-order valence-corrected chi connectivity index (χ0v) is 7.40. The molecule has 4 N–H and O–H groups in total. The van der Waals surface area contributed by atoms with E-state index in [0.717, 1.165) is 0 Å². The molecule has 0 radical (unpaired) electrons. The molecule has 0 aromatic carbocycles. The van der Waals surface area contributed by atoms with Gasteiger partial charge in [-0.15, -0.1) is 0 Å². The Bertz CT molecular complexity index is 313. The first-order chi connectivity index (χ1) is 6.09. The lowest BCUT2D eigenvalue weighted by atomic mass is 10.1. The Hall–Kier alpha value is -1.49. The molecule has 70 valence electrons. The maximum Gasteiger partial charge on any atom is 0.219 e. The van der Waals surface area contributed by atoms with Crippen LogP contribution >= 0.6 is 0 Å². The highest BCUT2D eigenvalue weighted by Gasteiger charge is 2.10. The summed E-state index contributed by atoms with van der Waals surface area (Å²) in [7, 11) is 0.